The predicted octanol–water partition coefficient (Wildman–Crippen LogP) is 2.90. The van der Waals surface area contributed by atoms with Gasteiger partial charge in [0.1, 0.15) is 12.6 Å². The van der Waals surface area contributed by atoms with Crippen molar-refractivity contribution >= 4 is 6.41 Å². The Labute approximate surface area is 113 Å². The Bertz CT molecular complexity index is 370. The minimum atomic E-state index is -0.402. The third kappa shape index (κ3) is 6.10. The van der Waals surface area contributed by atoms with Gasteiger partial charge in [-0.3, -0.25) is 9.63 Å². The van der Waals surface area contributed by atoms with Crippen LogP contribution < -0.4 is 0 Å². The molecule has 5 heteroatoms. The number of rotatable bonds is 10. The average Bonchev–Trinajstić information content (AvgIpc) is 2.47. The van der Waals surface area contributed by atoms with Crippen LogP contribution in [0.1, 0.15) is 31.7 Å². The fourth-order valence-electron chi connectivity index (χ4n) is 1.68. The lowest BCUT2D eigenvalue weighted by molar-refractivity contribution is -0.178. The molecule has 0 aromatic heterocycles. The molecule has 0 heterocycles. The zero-order valence-electron chi connectivity index (χ0n) is 11.2. The number of nitrogens with zero attached hydrogens (tertiary/aromatic N) is 2. The molecule has 1 aromatic rings. The second kappa shape index (κ2) is 9.22. The number of unbranched alkanes of at least 4 members (excludes halogenated alkanes) is 1. The van der Waals surface area contributed by atoms with Crippen molar-refractivity contribution in [1.29, 1.82) is 0 Å². The fourth-order valence-corrected chi connectivity index (χ4v) is 1.68. The summed E-state index contributed by atoms with van der Waals surface area (Å²) in [6.07, 6.45) is 3.19. The number of hydroxylamine groups is 2. The highest BCUT2D eigenvalue weighted by Crippen LogP contribution is 2.08. The number of hydrogen-bond donors (Lipinski definition) is 0. The highest BCUT2D eigenvalue weighted by atomic mass is 16.7. The van der Waals surface area contributed by atoms with E-state index in [0.29, 0.717) is 19.4 Å². The molecule has 19 heavy (non-hydrogen) atoms. The molecule has 1 amide bonds. The van der Waals surface area contributed by atoms with Gasteiger partial charge < -0.3 is 0 Å². The van der Waals surface area contributed by atoms with Crippen molar-refractivity contribution in [2.45, 2.75) is 38.8 Å². The van der Waals surface area contributed by atoms with Crippen LogP contribution >= 0.6 is 0 Å². The zero-order valence-corrected chi connectivity index (χ0v) is 11.2. The lowest BCUT2D eigenvalue weighted by Crippen LogP contribution is -2.30. The Hall–Kier alpha value is -1.75. The van der Waals surface area contributed by atoms with Gasteiger partial charge in [0.15, 0.2) is 0 Å². The van der Waals surface area contributed by atoms with Crippen LogP contribution in [-0.2, 0) is 16.2 Å². The summed E-state index contributed by atoms with van der Waals surface area (Å²) in [4.78, 5) is 27.0. The molecule has 0 N–H and O–H groups in total. The van der Waals surface area contributed by atoms with Gasteiger partial charge in [-0.15, -0.1) is 0 Å². The molecule has 1 rings (SSSR count). The largest absolute Gasteiger partial charge is 0.276 e. The highest BCUT2D eigenvalue weighted by molar-refractivity contribution is 5.45. The normalized spacial score (nSPS) is 11.8. The molecule has 0 bridgehead atoms. The van der Waals surface area contributed by atoms with Gasteiger partial charge in [0, 0.05) is 0 Å². The maximum atomic E-state index is 10.9. The van der Waals surface area contributed by atoms with Crippen LogP contribution in [0.5, 0.6) is 0 Å². The van der Waals surface area contributed by atoms with E-state index >= 15 is 0 Å². The van der Waals surface area contributed by atoms with Crippen molar-refractivity contribution in [2.75, 3.05) is 6.54 Å². The fraction of sp³-hybridized carbons (Fsp3) is 0.500. The Morgan fingerprint density at radius 3 is 2.68 bits per heavy atom. The molecule has 0 aliphatic carbocycles. The molecule has 0 radical (unpaired) electrons. The Kier molecular flexibility index (Phi) is 7.43. The minimum absolute atomic E-state index is 0.208. The molecule has 0 aliphatic heterocycles. The van der Waals surface area contributed by atoms with E-state index in [1.807, 2.05) is 37.3 Å². The van der Waals surface area contributed by atoms with Crippen LogP contribution in [0.3, 0.4) is 0 Å². The number of amides is 1. The standard InChI is InChI=1S/C14H20N2O3/c1-2-3-9-14(15-18)10-16(12-17)19-11-13-7-5-4-6-8-13/h4-8,12,14H,2-3,9-11H2,1H3/t14-/m1/s1. The highest BCUT2D eigenvalue weighted by Gasteiger charge is 2.13. The summed E-state index contributed by atoms with van der Waals surface area (Å²) in [6.45, 7) is 2.56. The van der Waals surface area contributed by atoms with Crippen LogP contribution in [0.4, 0.5) is 0 Å². The van der Waals surface area contributed by atoms with E-state index in [1.54, 1.807) is 0 Å². The molecule has 0 aliphatic rings. The Morgan fingerprint density at radius 1 is 1.37 bits per heavy atom. The summed E-state index contributed by atoms with van der Waals surface area (Å²) >= 11 is 0. The molecule has 1 aromatic carbocycles. The van der Waals surface area contributed by atoms with Gasteiger partial charge in [-0.2, -0.15) is 4.91 Å². The topological polar surface area (TPSA) is 59.0 Å². The van der Waals surface area contributed by atoms with Gasteiger partial charge in [-0.05, 0) is 12.0 Å². The van der Waals surface area contributed by atoms with E-state index in [9.17, 15) is 9.70 Å². The van der Waals surface area contributed by atoms with Crippen molar-refractivity contribution in [1.82, 2.24) is 5.06 Å². The minimum Gasteiger partial charge on any atom is -0.276 e. The molecule has 0 fully saturated rings. The number of carbonyl (C=O) groups is 1. The number of benzene rings is 1. The summed E-state index contributed by atoms with van der Waals surface area (Å²) in [5.74, 6) is 0. The zero-order chi connectivity index (χ0) is 13.9. The summed E-state index contributed by atoms with van der Waals surface area (Å²) in [5, 5.41) is 4.19. The van der Waals surface area contributed by atoms with Crippen molar-refractivity contribution < 1.29 is 9.63 Å². The van der Waals surface area contributed by atoms with Crippen LogP contribution in [0.25, 0.3) is 0 Å². The molecular weight excluding hydrogens is 244 g/mol. The van der Waals surface area contributed by atoms with E-state index in [-0.39, 0.29) is 6.54 Å². The summed E-state index contributed by atoms with van der Waals surface area (Å²) in [7, 11) is 0. The monoisotopic (exact) mass is 264 g/mol. The Balaban J connectivity index is 2.40. The average molecular weight is 264 g/mol. The van der Waals surface area contributed by atoms with Crippen LogP contribution in [0, 0.1) is 4.91 Å². The lowest BCUT2D eigenvalue weighted by atomic mass is 10.1. The van der Waals surface area contributed by atoms with Crippen molar-refractivity contribution in [2.24, 2.45) is 5.18 Å². The van der Waals surface area contributed by atoms with E-state index in [0.717, 1.165) is 23.5 Å². The quantitative estimate of drug-likeness (QED) is 0.371. The molecule has 1 atom stereocenters. The second-order valence-electron chi connectivity index (χ2n) is 4.37. The molecule has 104 valence electrons. The summed E-state index contributed by atoms with van der Waals surface area (Å²) in [6, 6.07) is 9.14. The SMILES string of the molecule is CCCC[C@H](CN(C=O)OCc1ccccc1)N=O. The summed E-state index contributed by atoms with van der Waals surface area (Å²) < 4.78 is 0. The van der Waals surface area contributed by atoms with Crippen LogP contribution in [0.2, 0.25) is 0 Å². The first kappa shape index (κ1) is 15.3. The summed E-state index contributed by atoms with van der Waals surface area (Å²) in [5.41, 5.74) is 0.971. The van der Waals surface area contributed by atoms with Gasteiger partial charge >= 0.3 is 0 Å². The van der Waals surface area contributed by atoms with Crippen LogP contribution in [-0.4, -0.2) is 24.1 Å². The van der Waals surface area contributed by atoms with Gasteiger partial charge in [0.2, 0.25) is 6.41 Å². The van der Waals surface area contributed by atoms with Crippen molar-refractivity contribution in [3.8, 4) is 0 Å². The van der Waals surface area contributed by atoms with E-state index < -0.39 is 6.04 Å². The Morgan fingerprint density at radius 2 is 2.11 bits per heavy atom. The van der Waals surface area contributed by atoms with Gasteiger partial charge in [-0.1, -0.05) is 55.3 Å². The maximum absolute atomic E-state index is 10.9. The molecular formula is C14H20N2O3. The molecule has 0 unspecified atom stereocenters. The van der Waals surface area contributed by atoms with Crippen molar-refractivity contribution in [3.63, 3.8) is 0 Å². The number of carbonyl (C=O) groups excluding carboxylic acids is 1. The second-order valence-corrected chi connectivity index (χ2v) is 4.37. The molecule has 0 spiro atoms. The first-order chi connectivity index (χ1) is 9.30. The third-order valence-electron chi connectivity index (χ3n) is 2.79. The molecule has 0 saturated carbocycles. The first-order valence-electron chi connectivity index (χ1n) is 6.51. The van der Waals surface area contributed by atoms with Crippen LogP contribution in [0.15, 0.2) is 35.5 Å². The third-order valence-corrected chi connectivity index (χ3v) is 2.79. The first-order valence-corrected chi connectivity index (χ1v) is 6.51. The van der Waals surface area contributed by atoms with Gasteiger partial charge in [0.25, 0.3) is 0 Å². The van der Waals surface area contributed by atoms with Gasteiger partial charge in [0.05, 0.1) is 6.54 Å². The predicted molar refractivity (Wildman–Crippen MR) is 73.1 cm³/mol. The van der Waals surface area contributed by atoms with Gasteiger partial charge in [-0.25, -0.2) is 5.06 Å². The number of hydrogen-bond acceptors (Lipinski definition) is 4. The lowest BCUT2D eigenvalue weighted by Gasteiger charge is -2.19. The van der Waals surface area contributed by atoms with E-state index in [4.69, 9.17) is 4.84 Å². The molecule has 0 saturated heterocycles. The maximum Gasteiger partial charge on any atom is 0.233 e. The number of nitroso groups, excluding NO2 is 1. The van der Waals surface area contributed by atoms with E-state index in [2.05, 4.69) is 5.18 Å². The molecule has 5 nitrogen and oxygen atoms in total. The van der Waals surface area contributed by atoms with E-state index in [1.165, 1.54) is 0 Å². The van der Waals surface area contributed by atoms with Crippen molar-refractivity contribution in [3.05, 3.63) is 40.8 Å². The smallest absolute Gasteiger partial charge is 0.233 e.